The quantitative estimate of drug-likeness (QED) is 0.623. The molecule has 1 aromatic heterocycles. The van der Waals surface area contributed by atoms with E-state index in [1.807, 2.05) is 0 Å². The van der Waals surface area contributed by atoms with E-state index in [9.17, 15) is 18.0 Å². The second kappa shape index (κ2) is 10.5. The second-order valence-electron chi connectivity index (χ2n) is 9.03. The first-order valence-corrected chi connectivity index (χ1v) is 11.8. The van der Waals surface area contributed by atoms with E-state index in [4.69, 9.17) is 0 Å². The molecule has 0 atom stereocenters. The summed E-state index contributed by atoms with van der Waals surface area (Å²) >= 11 is 0. The number of hydrogen-bond acceptors (Lipinski definition) is 4. The zero-order valence-electron chi connectivity index (χ0n) is 18.8. The summed E-state index contributed by atoms with van der Waals surface area (Å²) in [5.41, 5.74) is -0.351. The third-order valence-corrected chi connectivity index (χ3v) is 6.70. The summed E-state index contributed by atoms with van der Waals surface area (Å²) < 4.78 is 39.0. The number of amides is 1. The zero-order chi connectivity index (χ0) is 23.3. The van der Waals surface area contributed by atoms with Crippen LogP contribution in [0.3, 0.4) is 0 Å². The highest BCUT2D eigenvalue weighted by Gasteiger charge is 2.31. The zero-order valence-corrected chi connectivity index (χ0v) is 18.8. The number of benzene rings is 1. The number of nitrogens with one attached hydrogen (secondary N) is 1. The van der Waals surface area contributed by atoms with Crippen LogP contribution in [0.25, 0.3) is 0 Å². The maximum absolute atomic E-state index is 13.0. The van der Waals surface area contributed by atoms with Crippen LogP contribution in [0.4, 0.5) is 24.7 Å². The Labute approximate surface area is 193 Å². The molecule has 1 amide bonds. The highest BCUT2D eigenvalue weighted by atomic mass is 19.4. The van der Waals surface area contributed by atoms with Crippen molar-refractivity contribution in [3.63, 3.8) is 0 Å². The lowest BCUT2D eigenvalue weighted by molar-refractivity contribution is -0.137. The largest absolute Gasteiger partial charge is 0.416 e. The van der Waals surface area contributed by atoms with E-state index in [0.717, 1.165) is 38.1 Å². The molecule has 0 spiro atoms. The molecule has 2 fully saturated rings. The van der Waals surface area contributed by atoms with Gasteiger partial charge in [-0.2, -0.15) is 13.2 Å². The summed E-state index contributed by atoms with van der Waals surface area (Å²) in [6.07, 6.45) is 4.53. The number of carbonyl (C=O) groups is 1. The summed E-state index contributed by atoms with van der Waals surface area (Å²) in [4.78, 5) is 21.9. The molecule has 4 rings (SSSR count). The van der Waals surface area contributed by atoms with Gasteiger partial charge in [0.1, 0.15) is 0 Å². The lowest BCUT2D eigenvalue weighted by Gasteiger charge is -2.35. The molecule has 0 bridgehead atoms. The Balaban J connectivity index is 1.35. The Hall–Kier alpha value is -2.61. The Morgan fingerprint density at radius 1 is 1.03 bits per heavy atom. The second-order valence-corrected chi connectivity index (χ2v) is 9.03. The van der Waals surface area contributed by atoms with Gasteiger partial charge in [0.2, 0.25) is 0 Å². The number of piperidine rings is 2. The van der Waals surface area contributed by atoms with Gasteiger partial charge >= 0.3 is 6.18 Å². The number of anilines is 2. The van der Waals surface area contributed by atoms with E-state index in [-0.39, 0.29) is 5.56 Å². The smallest absolute Gasteiger partial charge is 0.355 e. The number of hydrogen-bond donors (Lipinski definition) is 1. The molecule has 1 N–H and O–H groups in total. The van der Waals surface area contributed by atoms with Crippen molar-refractivity contribution >= 4 is 17.4 Å². The van der Waals surface area contributed by atoms with Crippen molar-refractivity contribution in [2.45, 2.75) is 44.7 Å². The molecular weight excluding hydrogens is 429 g/mol. The van der Waals surface area contributed by atoms with Crippen LogP contribution < -0.4 is 10.2 Å². The van der Waals surface area contributed by atoms with Crippen LogP contribution in [0, 0.1) is 5.92 Å². The molecule has 0 unspecified atom stereocenters. The minimum atomic E-state index is -4.49. The Morgan fingerprint density at radius 2 is 1.79 bits per heavy atom. The molecule has 8 heteroatoms. The summed E-state index contributed by atoms with van der Waals surface area (Å²) in [6.45, 7) is 5.33. The van der Waals surface area contributed by atoms with Crippen LogP contribution in [0.1, 0.15) is 54.4 Å². The fourth-order valence-corrected chi connectivity index (χ4v) is 4.76. The first-order chi connectivity index (χ1) is 15.9. The first-order valence-electron chi connectivity index (χ1n) is 11.8. The number of carbonyl (C=O) groups excluding carboxylic acids is 1. The van der Waals surface area contributed by atoms with Crippen molar-refractivity contribution in [2.24, 2.45) is 5.92 Å². The first kappa shape index (κ1) is 23.5. The predicted molar refractivity (Wildman–Crippen MR) is 123 cm³/mol. The number of rotatable bonds is 6. The summed E-state index contributed by atoms with van der Waals surface area (Å²) in [6, 6.07) is 7.93. The molecule has 33 heavy (non-hydrogen) atoms. The van der Waals surface area contributed by atoms with Gasteiger partial charge in [-0.05, 0) is 88.0 Å². The highest BCUT2D eigenvalue weighted by molar-refractivity contribution is 6.05. The lowest BCUT2D eigenvalue weighted by atomic mass is 9.93. The minimum absolute atomic E-state index is 0.0314. The number of pyridine rings is 1. The van der Waals surface area contributed by atoms with Gasteiger partial charge in [-0.15, -0.1) is 0 Å². The molecule has 5 nitrogen and oxygen atoms in total. The van der Waals surface area contributed by atoms with E-state index >= 15 is 0 Å². The number of nitrogens with zero attached hydrogens (tertiary/aromatic N) is 3. The van der Waals surface area contributed by atoms with Gasteiger partial charge in [0, 0.05) is 24.8 Å². The third-order valence-electron chi connectivity index (χ3n) is 6.70. The molecule has 1 aromatic carbocycles. The predicted octanol–water partition coefficient (Wildman–Crippen LogP) is 5.45. The maximum atomic E-state index is 13.0. The average Bonchev–Trinajstić information content (AvgIpc) is 2.84. The van der Waals surface area contributed by atoms with Gasteiger partial charge in [-0.1, -0.05) is 12.5 Å². The Morgan fingerprint density at radius 3 is 2.52 bits per heavy atom. The van der Waals surface area contributed by atoms with Gasteiger partial charge < -0.3 is 15.1 Å². The number of alkyl halides is 3. The molecule has 2 saturated heterocycles. The molecule has 2 aromatic rings. The molecule has 0 aliphatic carbocycles. The molecule has 0 saturated carbocycles. The standard InChI is InChI=1S/C25H31F3N4O/c26-25(27,28)21-7-4-6-20(18-21)24(33)30-22-8-5-12-29-23(22)32-16-10-19(11-17-32)9-15-31-13-2-1-3-14-31/h4-8,12,18-19H,1-3,9-11,13-17H2,(H,30,33). The Bertz CT molecular complexity index is 935. The SMILES string of the molecule is O=C(Nc1cccnc1N1CCC(CCN2CCCCC2)CC1)c1cccc(C(F)(F)F)c1. The number of likely N-dealkylation sites (tertiary alicyclic amines) is 1. The summed E-state index contributed by atoms with van der Waals surface area (Å²) in [5.74, 6) is 0.786. The van der Waals surface area contributed by atoms with Crippen LogP contribution in [0.15, 0.2) is 42.6 Å². The molecule has 0 radical (unpaired) electrons. The van der Waals surface area contributed by atoms with E-state index < -0.39 is 17.6 Å². The van der Waals surface area contributed by atoms with Crippen molar-refractivity contribution in [1.82, 2.24) is 9.88 Å². The van der Waals surface area contributed by atoms with Crippen molar-refractivity contribution in [3.05, 3.63) is 53.7 Å². The van der Waals surface area contributed by atoms with Gasteiger partial charge in [0.15, 0.2) is 5.82 Å². The van der Waals surface area contributed by atoms with Crippen molar-refractivity contribution in [3.8, 4) is 0 Å². The van der Waals surface area contributed by atoms with Gasteiger partial charge in [0.05, 0.1) is 11.3 Å². The van der Waals surface area contributed by atoms with E-state index in [0.29, 0.717) is 17.4 Å². The van der Waals surface area contributed by atoms with Gasteiger partial charge in [-0.25, -0.2) is 4.98 Å². The van der Waals surface area contributed by atoms with Crippen LogP contribution in [-0.2, 0) is 6.18 Å². The third kappa shape index (κ3) is 6.25. The molecule has 2 aliphatic rings. The van der Waals surface area contributed by atoms with E-state index in [1.165, 1.54) is 57.5 Å². The van der Waals surface area contributed by atoms with Gasteiger partial charge in [0.25, 0.3) is 5.91 Å². The highest BCUT2D eigenvalue weighted by Crippen LogP contribution is 2.31. The van der Waals surface area contributed by atoms with Gasteiger partial charge in [-0.3, -0.25) is 4.79 Å². The van der Waals surface area contributed by atoms with Crippen molar-refractivity contribution in [1.29, 1.82) is 0 Å². The lowest BCUT2D eigenvalue weighted by Crippen LogP contribution is -2.37. The van der Waals surface area contributed by atoms with Crippen molar-refractivity contribution < 1.29 is 18.0 Å². The van der Waals surface area contributed by atoms with Crippen LogP contribution in [-0.4, -0.2) is 48.5 Å². The molecule has 2 aliphatic heterocycles. The number of halogens is 3. The molecule has 3 heterocycles. The Kier molecular flexibility index (Phi) is 7.53. The number of aromatic nitrogens is 1. The maximum Gasteiger partial charge on any atom is 0.416 e. The minimum Gasteiger partial charge on any atom is -0.355 e. The van der Waals surface area contributed by atoms with Crippen LogP contribution in [0.5, 0.6) is 0 Å². The molecular formula is C25H31F3N4O. The van der Waals surface area contributed by atoms with Crippen LogP contribution >= 0.6 is 0 Å². The monoisotopic (exact) mass is 460 g/mol. The average molecular weight is 461 g/mol. The normalized spacial score (nSPS) is 18.3. The topological polar surface area (TPSA) is 48.5 Å². The summed E-state index contributed by atoms with van der Waals surface area (Å²) in [5, 5.41) is 2.77. The summed E-state index contributed by atoms with van der Waals surface area (Å²) in [7, 11) is 0. The van der Waals surface area contributed by atoms with E-state index in [1.54, 1.807) is 18.3 Å². The molecule has 178 valence electrons. The van der Waals surface area contributed by atoms with E-state index in [2.05, 4.69) is 20.1 Å². The van der Waals surface area contributed by atoms with Crippen molar-refractivity contribution in [2.75, 3.05) is 42.9 Å². The van der Waals surface area contributed by atoms with Crippen LogP contribution in [0.2, 0.25) is 0 Å². The fourth-order valence-electron chi connectivity index (χ4n) is 4.76. The fraction of sp³-hybridized carbons (Fsp3) is 0.520.